The molecule has 0 spiro atoms. The first-order valence-corrected chi connectivity index (χ1v) is 8.03. The van der Waals surface area contributed by atoms with Crippen LogP contribution in [0, 0.1) is 5.82 Å². The minimum absolute atomic E-state index is 0.133. The van der Waals surface area contributed by atoms with Gasteiger partial charge in [0.25, 0.3) is 0 Å². The zero-order valence-electron chi connectivity index (χ0n) is 14.4. The van der Waals surface area contributed by atoms with Crippen molar-refractivity contribution in [2.75, 3.05) is 33.0 Å². The number of benzene rings is 1. The van der Waals surface area contributed by atoms with E-state index in [1.807, 2.05) is 0 Å². The molecule has 0 aromatic heterocycles. The van der Waals surface area contributed by atoms with Gasteiger partial charge in [-0.1, -0.05) is 18.2 Å². The molecule has 138 valence electrons. The average Bonchev–Trinajstić information content (AvgIpc) is 2.59. The fourth-order valence-electron chi connectivity index (χ4n) is 1.87. The van der Waals surface area contributed by atoms with Crippen molar-refractivity contribution in [3.8, 4) is 0 Å². The lowest BCUT2D eigenvalue weighted by molar-refractivity contribution is -0.158. The smallest absolute Gasteiger partial charge is 0.339 e. The maximum atomic E-state index is 13.0. The van der Waals surface area contributed by atoms with Crippen LogP contribution in [0.5, 0.6) is 0 Å². The lowest BCUT2D eigenvalue weighted by atomic mass is 10.1. The third-order valence-corrected chi connectivity index (χ3v) is 2.94. The summed E-state index contributed by atoms with van der Waals surface area (Å²) < 4.78 is 33.5. The first kappa shape index (κ1) is 20.8. The topological polar surface area (TPSA) is 71.1 Å². The van der Waals surface area contributed by atoms with Gasteiger partial charge in [0.2, 0.25) is 0 Å². The van der Waals surface area contributed by atoms with Crippen LogP contribution in [0.25, 0.3) is 0 Å². The molecule has 0 saturated heterocycles. The minimum atomic E-state index is -0.945. The van der Waals surface area contributed by atoms with Gasteiger partial charge in [0.05, 0.1) is 33.0 Å². The van der Waals surface area contributed by atoms with Crippen molar-refractivity contribution in [3.63, 3.8) is 0 Å². The normalized spacial score (nSPS) is 12.1. The summed E-state index contributed by atoms with van der Waals surface area (Å²) in [6, 6.07) is 5.45. The summed E-state index contributed by atoms with van der Waals surface area (Å²) in [5.41, 5.74) is 0.502. The second kappa shape index (κ2) is 12.2. The second-order valence-electron chi connectivity index (χ2n) is 4.78. The quantitative estimate of drug-likeness (QED) is 0.346. The molecule has 0 bridgehead atoms. The van der Waals surface area contributed by atoms with Gasteiger partial charge in [0.15, 0.2) is 6.10 Å². The fraction of sp³-hybridized carbons (Fsp3) is 0.444. The minimum Gasteiger partial charge on any atom is -0.464 e. The standard InChI is InChI=1S/C18H23FO6/c1-3-23-16(20)6-5-11-22-12-13-25-17(18(21)24-4-2)14-7-9-15(19)10-8-14/h5-10,17H,3-4,11-13H2,1-2H3. The Labute approximate surface area is 146 Å². The van der Waals surface area contributed by atoms with Crippen molar-refractivity contribution >= 4 is 11.9 Å². The van der Waals surface area contributed by atoms with E-state index < -0.39 is 23.9 Å². The maximum Gasteiger partial charge on any atom is 0.339 e. The monoisotopic (exact) mass is 354 g/mol. The number of hydrogen-bond acceptors (Lipinski definition) is 6. The van der Waals surface area contributed by atoms with Crippen molar-refractivity contribution in [1.82, 2.24) is 0 Å². The van der Waals surface area contributed by atoms with Crippen molar-refractivity contribution in [3.05, 3.63) is 47.8 Å². The molecule has 0 aliphatic heterocycles. The van der Waals surface area contributed by atoms with Crippen LogP contribution in [0.15, 0.2) is 36.4 Å². The van der Waals surface area contributed by atoms with E-state index in [0.29, 0.717) is 12.2 Å². The number of halogens is 1. The molecule has 1 aromatic rings. The Morgan fingerprint density at radius 3 is 2.40 bits per heavy atom. The summed E-state index contributed by atoms with van der Waals surface area (Å²) >= 11 is 0. The fourth-order valence-corrected chi connectivity index (χ4v) is 1.87. The van der Waals surface area contributed by atoms with Gasteiger partial charge in [-0.25, -0.2) is 14.0 Å². The lowest BCUT2D eigenvalue weighted by Gasteiger charge is -2.16. The molecule has 7 heteroatoms. The molecule has 1 unspecified atom stereocenters. The van der Waals surface area contributed by atoms with Gasteiger partial charge in [0, 0.05) is 6.08 Å². The summed E-state index contributed by atoms with van der Waals surface area (Å²) in [7, 11) is 0. The Hall–Kier alpha value is -2.25. The van der Waals surface area contributed by atoms with Crippen LogP contribution in [-0.4, -0.2) is 45.0 Å². The Balaban J connectivity index is 2.42. The highest BCUT2D eigenvalue weighted by Gasteiger charge is 2.22. The largest absolute Gasteiger partial charge is 0.464 e. The van der Waals surface area contributed by atoms with Crippen molar-refractivity contribution < 1.29 is 32.9 Å². The number of rotatable bonds is 11. The molecule has 1 rings (SSSR count). The molecule has 0 saturated carbocycles. The number of ether oxygens (including phenoxy) is 4. The number of esters is 2. The van der Waals surface area contributed by atoms with Crippen LogP contribution in [0.1, 0.15) is 25.5 Å². The molecular weight excluding hydrogens is 331 g/mol. The maximum absolute atomic E-state index is 13.0. The van der Waals surface area contributed by atoms with E-state index in [4.69, 9.17) is 18.9 Å². The molecule has 25 heavy (non-hydrogen) atoms. The van der Waals surface area contributed by atoms with E-state index in [1.165, 1.54) is 36.4 Å². The van der Waals surface area contributed by atoms with E-state index in [1.54, 1.807) is 13.8 Å². The summed E-state index contributed by atoms with van der Waals surface area (Å²) in [5.74, 6) is -1.37. The molecule has 0 aliphatic carbocycles. The Morgan fingerprint density at radius 2 is 1.76 bits per heavy atom. The predicted molar refractivity (Wildman–Crippen MR) is 88.3 cm³/mol. The molecule has 0 heterocycles. The summed E-state index contributed by atoms with van der Waals surface area (Å²) in [5, 5.41) is 0. The zero-order chi connectivity index (χ0) is 18.5. The third kappa shape index (κ3) is 8.42. The van der Waals surface area contributed by atoms with Gasteiger partial charge in [-0.3, -0.25) is 0 Å². The van der Waals surface area contributed by atoms with E-state index in [2.05, 4.69) is 0 Å². The van der Waals surface area contributed by atoms with Crippen LogP contribution >= 0.6 is 0 Å². The molecule has 0 fully saturated rings. The first-order chi connectivity index (χ1) is 12.1. The molecular formula is C18H23FO6. The molecule has 6 nitrogen and oxygen atoms in total. The highest BCUT2D eigenvalue weighted by atomic mass is 19.1. The molecule has 0 radical (unpaired) electrons. The molecule has 1 atom stereocenters. The van der Waals surface area contributed by atoms with E-state index in [-0.39, 0.29) is 26.4 Å². The summed E-state index contributed by atoms with van der Waals surface area (Å²) in [4.78, 5) is 23.1. The highest BCUT2D eigenvalue weighted by molar-refractivity contribution is 5.81. The second-order valence-corrected chi connectivity index (χ2v) is 4.78. The highest BCUT2D eigenvalue weighted by Crippen LogP contribution is 2.19. The van der Waals surface area contributed by atoms with Crippen LogP contribution < -0.4 is 0 Å². The third-order valence-electron chi connectivity index (χ3n) is 2.94. The van der Waals surface area contributed by atoms with E-state index >= 15 is 0 Å². The zero-order valence-corrected chi connectivity index (χ0v) is 14.4. The van der Waals surface area contributed by atoms with Crippen LogP contribution in [0.4, 0.5) is 4.39 Å². The summed E-state index contributed by atoms with van der Waals surface area (Å²) in [6.07, 6.45) is 1.87. The van der Waals surface area contributed by atoms with Crippen molar-refractivity contribution in [2.45, 2.75) is 20.0 Å². The van der Waals surface area contributed by atoms with Crippen molar-refractivity contribution in [1.29, 1.82) is 0 Å². The van der Waals surface area contributed by atoms with Crippen LogP contribution in [0.2, 0.25) is 0 Å². The Kier molecular flexibility index (Phi) is 10.1. The lowest BCUT2D eigenvalue weighted by Crippen LogP contribution is -2.21. The van der Waals surface area contributed by atoms with Gasteiger partial charge < -0.3 is 18.9 Å². The number of carbonyl (C=O) groups is 2. The number of hydrogen-bond donors (Lipinski definition) is 0. The van der Waals surface area contributed by atoms with Crippen molar-refractivity contribution in [2.24, 2.45) is 0 Å². The Morgan fingerprint density at radius 1 is 1.08 bits per heavy atom. The number of carbonyl (C=O) groups excluding carboxylic acids is 2. The average molecular weight is 354 g/mol. The first-order valence-electron chi connectivity index (χ1n) is 8.03. The van der Waals surface area contributed by atoms with Gasteiger partial charge in [0.1, 0.15) is 5.82 Å². The van der Waals surface area contributed by atoms with Gasteiger partial charge in [-0.15, -0.1) is 0 Å². The molecule has 0 amide bonds. The molecule has 0 N–H and O–H groups in total. The van der Waals surface area contributed by atoms with Crippen LogP contribution in [-0.2, 0) is 28.5 Å². The van der Waals surface area contributed by atoms with Gasteiger partial charge >= 0.3 is 11.9 Å². The van der Waals surface area contributed by atoms with E-state index in [0.717, 1.165) is 0 Å². The predicted octanol–water partition coefficient (Wildman–Crippen LogP) is 2.58. The molecule has 0 aliphatic rings. The summed E-state index contributed by atoms with van der Waals surface area (Å²) in [6.45, 7) is 4.51. The molecule has 1 aromatic carbocycles. The van der Waals surface area contributed by atoms with Gasteiger partial charge in [-0.2, -0.15) is 0 Å². The van der Waals surface area contributed by atoms with Crippen LogP contribution in [0.3, 0.4) is 0 Å². The Bertz CT molecular complexity index is 555. The SMILES string of the molecule is CCOC(=O)C=CCOCCOC(C(=O)OCC)c1ccc(F)cc1. The van der Waals surface area contributed by atoms with E-state index in [9.17, 15) is 14.0 Å². The van der Waals surface area contributed by atoms with Gasteiger partial charge in [-0.05, 0) is 31.5 Å².